The smallest absolute Gasteiger partial charge is 0.0726 e. The van der Waals surface area contributed by atoms with Gasteiger partial charge in [0.15, 0.2) is 0 Å². The van der Waals surface area contributed by atoms with Gasteiger partial charge < -0.3 is 10.3 Å². The molecule has 1 atom stereocenters. The minimum atomic E-state index is -0.206. The van der Waals surface area contributed by atoms with Gasteiger partial charge in [-0.2, -0.15) is 0 Å². The largest absolute Gasteiger partial charge is 0.318 e. The molecule has 3 nitrogen and oxygen atoms in total. The minimum absolute atomic E-state index is 0.206. The molecule has 288 valence electrons. The monoisotopic (exact) mass is 789 g/mol. The summed E-state index contributed by atoms with van der Waals surface area (Å²) in [6.07, 6.45) is 6.89. The molecule has 1 aliphatic rings. The Morgan fingerprint density at radius 1 is 0.600 bits per heavy atom. The Morgan fingerprint density at radius 2 is 1.25 bits per heavy atom. The fourth-order valence-corrected chi connectivity index (χ4v) is 12.0. The average Bonchev–Trinajstić information content (AvgIpc) is 3.86. The molecule has 0 bridgehead atoms. The maximum atomic E-state index is 6.61. The molecule has 4 heteroatoms. The predicted molar refractivity (Wildman–Crippen MR) is 259 cm³/mol. The van der Waals surface area contributed by atoms with Crippen molar-refractivity contribution in [2.24, 2.45) is 5.73 Å². The van der Waals surface area contributed by atoms with Crippen LogP contribution in [-0.4, -0.2) is 11.2 Å². The van der Waals surface area contributed by atoms with Crippen LogP contribution in [0, 0.1) is 13.8 Å². The van der Waals surface area contributed by atoms with Crippen LogP contribution in [0.1, 0.15) is 45.2 Å². The summed E-state index contributed by atoms with van der Waals surface area (Å²) in [6.45, 7) is 4.86. The lowest BCUT2D eigenvalue weighted by molar-refractivity contribution is 0.615. The van der Waals surface area contributed by atoms with Crippen molar-refractivity contribution in [3.8, 4) is 16.8 Å². The van der Waals surface area contributed by atoms with E-state index in [0.29, 0.717) is 6.67 Å². The third kappa shape index (κ3) is 5.08. The van der Waals surface area contributed by atoms with Crippen LogP contribution in [0.2, 0.25) is 0 Å². The number of hydrogen-bond donors (Lipinski definition) is 2. The van der Waals surface area contributed by atoms with Gasteiger partial charge in [0.25, 0.3) is 0 Å². The second-order valence-corrected chi connectivity index (χ2v) is 17.5. The second-order valence-electron chi connectivity index (χ2n) is 16.4. The zero-order valence-corrected chi connectivity index (χ0v) is 34.5. The first-order chi connectivity index (χ1) is 29.6. The van der Waals surface area contributed by atoms with E-state index >= 15 is 0 Å². The molecule has 1 unspecified atom stereocenters. The van der Waals surface area contributed by atoms with Gasteiger partial charge in [-0.15, -0.1) is 11.3 Å². The summed E-state index contributed by atoms with van der Waals surface area (Å²) in [7, 11) is 0. The number of nitrogens with zero attached hydrogens (tertiary/aromatic N) is 1. The first kappa shape index (κ1) is 35.4. The molecule has 11 aromatic rings. The van der Waals surface area contributed by atoms with E-state index in [2.05, 4.69) is 188 Å². The Kier molecular flexibility index (Phi) is 8.11. The normalized spacial score (nSPS) is 13.4. The summed E-state index contributed by atoms with van der Waals surface area (Å²) in [6, 6.07) is 56.2. The maximum absolute atomic E-state index is 6.61. The molecule has 0 saturated heterocycles. The molecular weight excluding hydrogens is 747 g/mol. The van der Waals surface area contributed by atoms with E-state index in [9.17, 15) is 0 Å². The third-order valence-electron chi connectivity index (χ3n) is 13.3. The SMILES string of the molecule is Cc1ccc2ccccc2c1-c1cccc(C(NCN)c2ccc3ccccc3c2-n2c3c4ccccc4ccc3c3c4ccccc4c4c5c(sc4c32)CCC=C5)c1C. The van der Waals surface area contributed by atoms with Gasteiger partial charge in [-0.1, -0.05) is 164 Å². The Labute approximate surface area is 353 Å². The summed E-state index contributed by atoms with van der Waals surface area (Å²) in [5, 5.41) is 17.9. The molecule has 60 heavy (non-hydrogen) atoms. The van der Waals surface area contributed by atoms with Gasteiger partial charge >= 0.3 is 0 Å². The lowest BCUT2D eigenvalue weighted by Crippen LogP contribution is -2.29. The number of hydrogen-bond acceptors (Lipinski definition) is 3. The Hall–Kier alpha value is -6.56. The van der Waals surface area contributed by atoms with Gasteiger partial charge in [0.2, 0.25) is 0 Å². The molecule has 0 radical (unpaired) electrons. The van der Waals surface area contributed by atoms with E-state index in [1.54, 1.807) is 0 Å². The Morgan fingerprint density at radius 3 is 2.03 bits per heavy atom. The van der Waals surface area contributed by atoms with E-state index in [1.165, 1.54) is 124 Å². The van der Waals surface area contributed by atoms with E-state index < -0.39 is 0 Å². The Balaban J connectivity index is 1.25. The van der Waals surface area contributed by atoms with Crippen LogP contribution in [0.5, 0.6) is 0 Å². The molecule has 0 amide bonds. The highest BCUT2D eigenvalue weighted by Crippen LogP contribution is 2.51. The van der Waals surface area contributed by atoms with Crippen molar-refractivity contribution in [3.05, 3.63) is 190 Å². The fourth-order valence-electron chi connectivity index (χ4n) is 10.6. The van der Waals surface area contributed by atoms with Crippen molar-refractivity contribution >= 4 is 92.4 Å². The van der Waals surface area contributed by atoms with Gasteiger partial charge in [-0.05, 0) is 98.0 Å². The Bertz CT molecular complexity index is 3600. The van der Waals surface area contributed by atoms with Crippen molar-refractivity contribution < 1.29 is 0 Å². The lowest BCUT2D eigenvalue weighted by Gasteiger charge is -2.27. The average molecular weight is 790 g/mol. The summed E-state index contributed by atoms with van der Waals surface area (Å²) in [5.41, 5.74) is 19.2. The molecule has 0 spiro atoms. The van der Waals surface area contributed by atoms with Crippen LogP contribution in [0.3, 0.4) is 0 Å². The first-order valence-corrected chi connectivity index (χ1v) is 21.9. The van der Waals surface area contributed by atoms with Gasteiger partial charge in [0.05, 0.1) is 27.5 Å². The van der Waals surface area contributed by atoms with Crippen LogP contribution in [0.25, 0.3) is 97.9 Å². The molecule has 9 aromatic carbocycles. The van der Waals surface area contributed by atoms with Crippen LogP contribution in [0.4, 0.5) is 0 Å². The van der Waals surface area contributed by atoms with Crippen molar-refractivity contribution in [1.29, 1.82) is 0 Å². The molecule has 3 N–H and O–H groups in total. The number of allylic oxidation sites excluding steroid dienone is 1. The molecule has 0 aliphatic heterocycles. The highest BCUT2D eigenvalue weighted by molar-refractivity contribution is 7.20. The molecule has 1 aliphatic carbocycles. The first-order valence-electron chi connectivity index (χ1n) is 21.1. The predicted octanol–water partition coefficient (Wildman–Crippen LogP) is 14.4. The van der Waals surface area contributed by atoms with Gasteiger partial charge in [-0.3, -0.25) is 5.32 Å². The fraction of sp³-hybridized carbons (Fsp3) is 0.107. The van der Waals surface area contributed by atoms with Crippen LogP contribution in [0.15, 0.2) is 158 Å². The minimum Gasteiger partial charge on any atom is -0.318 e. The molecule has 2 aromatic heterocycles. The maximum Gasteiger partial charge on any atom is 0.0726 e. The third-order valence-corrected chi connectivity index (χ3v) is 14.5. The second kappa shape index (κ2) is 13.8. The van der Waals surface area contributed by atoms with Crippen LogP contribution >= 0.6 is 11.3 Å². The zero-order valence-electron chi connectivity index (χ0n) is 33.7. The number of rotatable bonds is 6. The highest BCUT2D eigenvalue weighted by atomic mass is 32.1. The van der Waals surface area contributed by atoms with Crippen LogP contribution < -0.4 is 11.1 Å². The van der Waals surface area contributed by atoms with Gasteiger partial charge in [0.1, 0.15) is 0 Å². The molecule has 12 rings (SSSR count). The number of nitrogens with one attached hydrogen (secondary N) is 1. The van der Waals surface area contributed by atoms with E-state index in [1.807, 2.05) is 11.3 Å². The number of aryl methyl sites for hydroxylation is 2. The number of aromatic nitrogens is 1. The van der Waals surface area contributed by atoms with E-state index in [-0.39, 0.29) is 6.04 Å². The van der Waals surface area contributed by atoms with Crippen molar-refractivity contribution in [2.45, 2.75) is 32.7 Å². The zero-order chi connectivity index (χ0) is 40.1. The lowest BCUT2D eigenvalue weighted by atomic mass is 9.85. The molecule has 0 fully saturated rings. The number of benzene rings is 9. The van der Waals surface area contributed by atoms with Gasteiger partial charge in [0, 0.05) is 38.5 Å². The number of fused-ring (bicyclic) bond motifs is 14. The van der Waals surface area contributed by atoms with E-state index in [0.717, 1.165) is 12.8 Å². The topological polar surface area (TPSA) is 43.0 Å². The summed E-state index contributed by atoms with van der Waals surface area (Å²) < 4.78 is 4.03. The number of nitrogens with two attached hydrogens (primary N) is 1. The van der Waals surface area contributed by atoms with Crippen molar-refractivity contribution in [1.82, 2.24) is 9.88 Å². The standard InChI is InChI=1S/C56H43N3S/c1-33-26-27-35-14-3-6-17-40(35)49(33)38-23-13-24-39(34(38)2)52(58-32-57)47-31-29-37-16-5-8-19-42(37)54(47)59-53-41-18-7-4-15-36(41)28-30-46(53)50-43-20-9-10-21-44(43)51-45-22-11-12-25-48(45)60-56(51)55(50)59/h3-11,13-24,26-31,52,58H,12,25,32,57H2,1-2H3. The molecular formula is C56H43N3S. The van der Waals surface area contributed by atoms with Gasteiger partial charge in [-0.25, -0.2) is 0 Å². The molecule has 2 heterocycles. The highest BCUT2D eigenvalue weighted by Gasteiger charge is 2.29. The van der Waals surface area contributed by atoms with Crippen molar-refractivity contribution in [2.75, 3.05) is 6.67 Å². The summed E-state index contributed by atoms with van der Waals surface area (Å²) in [5.74, 6) is 0. The van der Waals surface area contributed by atoms with Crippen molar-refractivity contribution in [3.63, 3.8) is 0 Å². The quantitative estimate of drug-likeness (QED) is 0.165. The van der Waals surface area contributed by atoms with Crippen LogP contribution in [-0.2, 0) is 6.42 Å². The van der Waals surface area contributed by atoms with E-state index in [4.69, 9.17) is 5.73 Å². The summed E-state index contributed by atoms with van der Waals surface area (Å²) >= 11 is 2.00. The molecule has 0 saturated carbocycles. The number of thiophene rings is 1. The summed E-state index contributed by atoms with van der Waals surface area (Å²) in [4.78, 5) is 1.48.